The number of fused-ring (bicyclic) bond motifs is 1. The third-order valence-electron chi connectivity index (χ3n) is 3.67. The summed E-state index contributed by atoms with van der Waals surface area (Å²) in [5, 5.41) is 4.71. The van der Waals surface area contributed by atoms with Gasteiger partial charge in [-0.05, 0) is 39.8 Å². The molecule has 0 aliphatic carbocycles. The summed E-state index contributed by atoms with van der Waals surface area (Å²) < 4.78 is 1.97. The normalized spacial score (nSPS) is 15.8. The molecular weight excluding hydrogens is 236 g/mol. The quantitative estimate of drug-likeness (QED) is 0.786. The lowest BCUT2D eigenvalue weighted by molar-refractivity contribution is 0.134. The highest BCUT2D eigenvalue weighted by Crippen LogP contribution is 2.28. The van der Waals surface area contributed by atoms with Gasteiger partial charge in [0.2, 0.25) is 0 Å². The van der Waals surface area contributed by atoms with Crippen molar-refractivity contribution in [2.75, 3.05) is 0 Å². The Morgan fingerprint density at radius 1 is 1.21 bits per heavy atom. The fourth-order valence-corrected chi connectivity index (χ4v) is 2.43. The van der Waals surface area contributed by atoms with Gasteiger partial charge in [0.15, 0.2) is 0 Å². The molecule has 100 valence electrons. The number of hydrogen-bond donors (Lipinski definition) is 0. The van der Waals surface area contributed by atoms with E-state index < -0.39 is 0 Å². The summed E-state index contributed by atoms with van der Waals surface area (Å²) in [7, 11) is 0. The highest BCUT2D eigenvalue weighted by atomic mass is 15.3. The van der Waals surface area contributed by atoms with E-state index in [-0.39, 0.29) is 5.54 Å². The lowest BCUT2D eigenvalue weighted by Gasteiger charge is -2.31. The van der Waals surface area contributed by atoms with Gasteiger partial charge in [0.25, 0.3) is 0 Å². The number of aromatic nitrogens is 3. The van der Waals surface area contributed by atoms with Gasteiger partial charge in [0.1, 0.15) is 0 Å². The Balaban J connectivity index is 1.88. The van der Waals surface area contributed by atoms with Crippen LogP contribution in [0, 0.1) is 6.92 Å². The minimum absolute atomic E-state index is 0.200. The largest absolute Gasteiger partial charge is 0.288 e. The molecular formula is C15H20N4. The van der Waals surface area contributed by atoms with E-state index in [4.69, 9.17) is 5.10 Å². The molecule has 0 aromatic carbocycles. The molecule has 0 N–H and O–H groups in total. The van der Waals surface area contributed by atoms with Crippen molar-refractivity contribution >= 4 is 0 Å². The van der Waals surface area contributed by atoms with Crippen LogP contribution in [0.4, 0.5) is 0 Å². The van der Waals surface area contributed by atoms with Crippen LogP contribution in [0.25, 0.3) is 5.69 Å². The van der Waals surface area contributed by atoms with Crippen molar-refractivity contribution in [3.63, 3.8) is 0 Å². The van der Waals surface area contributed by atoms with Crippen molar-refractivity contribution in [1.29, 1.82) is 0 Å². The van der Waals surface area contributed by atoms with Crippen LogP contribution < -0.4 is 0 Å². The van der Waals surface area contributed by atoms with Crippen LogP contribution >= 0.6 is 0 Å². The minimum Gasteiger partial charge on any atom is -0.288 e. The molecule has 3 heterocycles. The summed E-state index contributed by atoms with van der Waals surface area (Å²) in [5.41, 5.74) is 4.84. The maximum absolute atomic E-state index is 4.71. The lowest BCUT2D eigenvalue weighted by atomic mass is 10.1. The van der Waals surface area contributed by atoms with Gasteiger partial charge < -0.3 is 0 Å². The van der Waals surface area contributed by atoms with E-state index in [9.17, 15) is 0 Å². The smallest absolute Gasteiger partial charge is 0.0814 e. The second-order valence-electron chi connectivity index (χ2n) is 6.23. The zero-order valence-electron chi connectivity index (χ0n) is 12.0. The van der Waals surface area contributed by atoms with Crippen molar-refractivity contribution in [3.8, 4) is 5.69 Å². The molecule has 1 aliphatic rings. The molecule has 0 fully saturated rings. The summed E-state index contributed by atoms with van der Waals surface area (Å²) in [5.74, 6) is 0. The SMILES string of the molecule is Cc1cc(-n2cc3c(n2)CN(C(C)(C)C)C3)ccn1. The van der Waals surface area contributed by atoms with Crippen LogP contribution in [0.5, 0.6) is 0 Å². The average molecular weight is 256 g/mol. The summed E-state index contributed by atoms with van der Waals surface area (Å²) in [6, 6.07) is 4.06. The van der Waals surface area contributed by atoms with Gasteiger partial charge in [-0.15, -0.1) is 0 Å². The third-order valence-corrected chi connectivity index (χ3v) is 3.67. The molecule has 0 atom stereocenters. The summed E-state index contributed by atoms with van der Waals surface area (Å²) in [6.45, 7) is 10.7. The van der Waals surface area contributed by atoms with Gasteiger partial charge in [-0.2, -0.15) is 5.10 Å². The molecule has 3 rings (SSSR count). The Labute approximate surface area is 114 Å². The number of hydrogen-bond acceptors (Lipinski definition) is 3. The van der Waals surface area contributed by atoms with Gasteiger partial charge in [0, 0.05) is 42.3 Å². The number of rotatable bonds is 1. The standard InChI is InChI=1S/C15H20N4/c1-11-7-13(5-6-16-11)19-9-12-8-18(15(2,3)4)10-14(12)17-19/h5-7,9H,8,10H2,1-4H3. The maximum Gasteiger partial charge on any atom is 0.0814 e. The topological polar surface area (TPSA) is 34.0 Å². The number of nitrogens with zero attached hydrogens (tertiary/aromatic N) is 4. The first kappa shape index (κ1) is 12.4. The van der Waals surface area contributed by atoms with Crippen molar-refractivity contribution in [2.24, 2.45) is 0 Å². The van der Waals surface area contributed by atoms with Gasteiger partial charge in [-0.3, -0.25) is 9.88 Å². The number of aryl methyl sites for hydroxylation is 1. The van der Waals surface area contributed by atoms with Crippen LogP contribution in [0.1, 0.15) is 37.7 Å². The van der Waals surface area contributed by atoms with E-state index >= 15 is 0 Å². The van der Waals surface area contributed by atoms with Gasteiger partial charge in [0.05, 0.1) is 11.4 Å². The predicted molar refractivity (Wildman–Crippen MR) is 75.1 cm³/mol. The third kappa shape index (κ3) is 2.28. The first-order valence-corrected chi connectivity index (χ1v) is 6.69. The maximum atomic E-state index is 4.71. The molecule has 0 saturated carbocycles. The second kappa shape index (κ2) is 4.17. The van der Waals surface area contributed by atoms with Gasteiger partial charge in [-0.1, -0.05) is 0 Å². The molecule has 1 aliphatic heterocycles. The van der Waals surface area contributed by atoms with E-state index in [0.717, 1.165) is 24.5 Å². The Hall–Kier alpha value is -1.68. The molecule has 0 unspecified atom stereocenters. The van der Waals surface area contributed by atoms with Crippen LogP contribution in [-0.4, -0.2) is 25.2 Å². The Morgan fingerprint density at radius 2 is 2.00 bits per heavy atom. The van der Waals surface area contributed by atoms with Crippen LogP contribution in [0.2, 0.25) is 0 Å². The fourth-order valence-electron chi connectivity index (χ4n) is 2.43. The molecule has 0 saturated heterocycles. The van der Waals surface area contributed by atoms with E-state index in [0.29, 0.717) is 0 Å². The zero-order valence-corrected chi connectivity index (χ0v) is 12.0. The first-order valence-electron chi connectivity index (χ1n) is 6.69. The lowest BCUT2D eigenvalue weighted by Crippen LogP contribution is -2.37. The summed E-state index contributed by atoms with van der Waals surface area (Å²) in [6.07, 6.45) is 3.98. The van der Waals surface area contributed by atoms with Crippen LogP contribution in [0.3, 0.4) is 0 Å². The molecule has 0 radical (unpaired) electrons. The molecule has 0 amide bonds. The second-order valence-corrected chi connectivity index (χ2v) is 6.23. The van der Waals surface area contributed by atoms with E-state index in [1.807, 2.05) is 23.9 Å². The molecule has 19 heavy (non-hydrogen) atoms. The van der Waals surface area contributed by atoms with E-state index in [2.05, 4.69) is 42.9 Å². The highest BCUT2D eigenvalue weighted by Gasteiger charge is 2.30. The van der Waals surface area contributed by atoms with E-state index in [1.54, 1.807) is 0 Å². The van der Waals surface area contributed by atoms with Crippen LogP contribution in [0.15, 0.2) is 24.5 Å². The highest BCUT2D eigenvalue weighted by molar-refractivity contribution is 5.34. The molecule has 4 heteroatoms. The molecule has 2 aromatic heterocycles. The fraction of sp³-hybridized carbons (Fsp3) is 0.467. The average Bonchev–Trinajstić information content (AvgIpc) is 2.85. The van der Waals surface area contributed by atoms with Gasteiger partial charge >= 0.3 is 0 Å². The minimum atomic E-state index is 0.200. The molecule has 0 spiro atoms. The van der Waals surface area contributed by atoms with Crippen LogP contribution in [-0.2, 0) is 13.1 Å². The molecule has 2 aromatic rings. The monoisotopic (exact) mass is 256 g/mol. The molecule has 4 nitrogen and oxygen atoms in total. The summed E-state index contributed by atoms with van der Waals surface area (Å²) >= 11 is 0. The first-order chi connectivity index (χ1) is 8.93. The van der Waals surface area contributed by atoms with Crippen molar-refractivity contribution in [1.82, 2.24) is 19.7 Å². The predicted octanol–water partition coefficient (Wildman–Crippen LogP) is 2.69. The Morgan fingerprint density at radius 3 is 2.63 bits per heavy atom. The Bertz CT molecular complexity index is 583. The Kier molecular flexibility index (Phi) is 2.71. The van der Waals surface area contributed by atoms with Crippen molar-refractivity contribution < 1.29 is 0 Å². The van der Waals surface area contributed by atoms with E-state index in [1.165, 1.54) is 11.3 Å². The zero-order chi connectivity index (χ0) is 13.6. The molecule has 0 bridgehead atoms. The summed E-state index contributed by atoms with van der Waals surface area (Å²) in [4.78, 5) is 6.67. The van der Waals surface area contributed by atoms with Gasteiger partial charge in [-0.25, -0.2) is 4.68 Å². The van der Waals surface area contributed by atoms with Crippen molar-refractivity contribution in [2.45, 2.75) is 46.3 Å². The number of pyridine rings is 1. The van der Waals surface area contributed by atoms with Crippen molar-refractivity contribution in [3.05, 3.63) is 41.5 Å².